The van der Waals surface area contributed by atoms with Crippen LogP contribution >= 0.6 is 0 Å². The van der Waals surface area contributed by atoms with Crippen molar-refractivity contribution < 1.29 is 0 Å². The first-order valence-electron chi connectivity index (χ1n) is 6.95. The van der Waals surface area contributed by atoms with Gasteiger partial charge in [0.15, 0.2) is 0 Å². The Labute approximate surface area is 113 Å². The van der Waals surface area contributed by atoms with E-state index in [9.17, 15) is 4.79 Å². The van der Waals surface area contributed by atoms with Crippen LogP contribution in [-0.4, -0.2) is 16.1 Å². The molecule has 1 atom stereocenters. The number of nitrogens with one attached hydrogen (secondary N) is 1. The number of fused-ring (bicyclic) bond motifs is 1. The van der Waals surface area contributed by atoms with Crippen LogP contribution in [0.3, 0.4) is 0 Å². The lowest BCUT2D eigenvalue weighted by Crippen LogP contribution is -2.31. The molecule has 19 heavy (non-hydrogen) atoms. The average Bonchev–Trinajstić information content (AvgIpc) is 2.45. The topological polar surface area (TPSA) is 46.9 Å². The maximum absolute atomic E-state index is 12.5. The molecule has 0 bridgehead atoms. The zero-order chi connectivity index (χ0) is 13.8. The predicted molar refractivity (Wildman–Crippen MR) is 78.4 cm³/mol. The standard InChI is InChI=1S/C15H21N3O/c1-4-12(16-5-2)14-17-13-10-8-7-9-11(13)15(19)18(14)6-3/h7-10,12,16H,4-6H2,1-3H3. The van der Waals surface area contributed by atoms with Gasteiger partial charge in [-0.25, -0.2) is 4.98 Å². The third kappa shape index (κ3) is 2.54. The van der Waals surface area contributed by atoms with Gasteiger partial charge in [0.1, 0.15) is 5.82 Å². The second kappa shape index (κ2) is 5.97. The molecule has 0 saturated carbocycles. The van der Waals surface area contributed by atoms with Gasteiger partial charge in [-0.2, -0.15) is 0 Å². The van der Waals surface area contributed by atoms with Crippen LogP contribution in [0.2, 0.25) is 0 Å². The Hall–Kier alpha value is -1.68. The molecule has 1 aromatic carbocycles. The maximum atomic E-state index is 12.5. The number of benzene rings is 1. The Kier molecular flexibility index (Phi) is 4.32. The number of nitrogens with zero attached hydrogens (tertiary/aromatic N) is 2. The molecule has 0 aliphatic rings. The second-order valence-electron chi connectivity index (χ2n) is 4.56. The van der Waals surface area contributed by atoms with Crippen LogP contribution in [0.1, 0.15) is 39.1 Å². The summed E-state index contributed by atoms with van der Waals surface area (Å²) in [5, 5.41) is 4.09. The molecule has 102 valence electrons. The van der Waals surface area contributed by atoms with Gasteiger partial charge in [-0.3, -0.25) is 9.36 Å². The molecule has 0 radical (unpaired) electrons. The van der Waals surface area contributed by atoms with Gasteiger partial charge in [0.2, 0.25) is 0 Å². The quantitative estimate of drug-likeness (QED) is 0.897. The van der Waals surface area contributed by atoms with E-state index in [1.165, 1.54) is 0 Å². The molecular formula is C15H21N3O. The highest BCUT2D eigenvalue weighted by atomic mass is 16.1. The SMILES string of the molecule is CCNC(CC)c1nc2ccccc2c(=O)n1CC. The first-order chi connectivity index (χ1) is 9.22. The Bertz CT molecular complexity index is 618. The maximum Gasteiger partial charge on any atom is 0.261 e. The minimum atomic E-state index is 0.0550. The molecule has 2 aromatic rings. The summed E-state index contributed by atoms with van der Waals surface area (Å²) in [4.78, 5) is 17.2. The summed E-state index contributed by atoms with van der Waals surface area (Å²) in [6, 6.07) is 7.67. The Morgan fingerprint density at radius 1 is 1.26 bits per heavy atom. The zero-order valence-electron chi connectivity index (χ0n) is 11.8. The molecular weight excluding hydrogens is 238 g/mol. The zero-order valence-corrected chi connectivity index (χ0v) is 11.8. The van der Waals surface area contributed by atoms with Gasteiger partial charge in [0.05, 0.1) is 16.9 Å². The van der Waals surface area contributed by atoms with E-state index in [1.54, 1.807) is 4.57 Å². The van der Waals surface area contributed by atoms with E-state index < -0.39 is 0 Å². The van der Waals surface area contributed by atoms with E-state index in [0.29, 0.717) is 11.9 Å². The van der Waals surface area contributed by atoms with E-state index in [2.05, 4.69) is 19.2 Å². The van der Waals surface area contributed by atoms with Crippen LogP contribution in [0.4, 0.5) is 0 Å². The summed E-state index contributed by atoms with van der Waals surface area (Å²) < 4.78 is 1.78. The number of hydrogen-bond acceptors (Lipinski definition) is 3. The fourth-order valence-corrected chi connectivity index (χ4v) is 2.42. The van der Waals surface area contributed by atoms with Gasteiger partial charge in [0, 0.05) is 6.54 Å². The fraction of sp³-hybridized carbons (Fsp3) is 0.467. The normalized spacial score (nSPS) is 12.8. The van der Waals surface area contributed by atoms with Crippen molar-refractivity contribution in [2.75, 3.05) is 6.54 Å². The van der Waals surface area contributed by atoms with E-state index in [-0.39, 0.29) is 11.6 Å². The second-order valence-corrected chi connectivity index (χ2v) is 4.56. The van der Waals surface area contributed by atoms with Crippen molar-refractivity contribution in [3.63, 3.8) is 0 Å². The van der Waals surface area contributed by atoms with Gasteiger partial charge in [-0.05, 0) is 32.0 Å². The summed E-state index contributed by atoms with van der Waals surface area (Å²) in [5.41, 5.74) is 0.836. The number of rotatable bonds is 5. The molecule has 0 amide bonds. The molecule has 0 aliphatic heterocycles. The van der Waals surface area contributed by atoms with E-state index in [4.69, 9.17) is 4.98 Å². The molecule has 1 heterocycles. The highest BCUT2D eigenvalue weighted by molar-refractivity contribution is 5.77. The van der Waals surface area contributed by atoms with Crippen molar-refractivity contribution >= 4 is 10.9 Å². The predicted octanol–water partition coefficient (Wildman–Crippen LogP) is 2.48. The number of aromatic nitrogens is 2. The van der Waals surface area contributed by atoms with Crippen LogP contribution in [0, 0.1) is 0 Å². The molecule has 2 rings (SSSR count). The summed E-state index contributed by atoms with van der Waals surface area (Å²) in [5.74, 6) is 0.843. The molecule has 1 N–H and O–H groups in total. The lowest BCUT2D eigenvalue weighted by Gasteiger charge is -2.20. The molecule has 0 fully saturated rings. The molecule has 1 aromatic heterocycles. The molecule has 4 heteroatoms. The first kappa shape index (κ1) is 13.7. The summed E-state index contributed by atoms with van der Waals surface area (Å²) in [6.07, 6.45) is 0.915. The number of para-hydroxylation sites is 1. The van der Waals surface area contributed by atoms with Gasteiger partial charge >= 0.3 is 0 Å². The van der Waals surface area contributed by atoms with Gasteiger partial charge in [-0.1, -0.05) is 26.0 Å². The van der Waals surface area contributed by atoms with Crippen molar-refractivity contribution in [1.29, 1.82) is 0 Å². The lowest BCUT2D eigenvalue weighted by atomic mass is 10.1. The van der Waals surface area contributed by atoms with Crippen LogP contribution in [0.15, 0.2) is 29.1 Å². The Morgan fingerprint density at radius 2 is 2.00 bits per heavy atom. The van der Waals surface area contributed by atoms with Crippen LogP contribution < -0.4 is 10.9 Å². The van der Waals surface area contributed by atoms with E-state index >= 15 is 0 Å². The summed E-state index contributed by atoms with van der Waals surface area (Å²) >= 11 is 0. The van der Waals surface area contributed by atoms with Gasteiger partial charge in [-0.15, -0.1) is 0 Å². The highest BCUT2D eigenvalue weighted by Crippen LogP contribution is 2.16. The van der Waals surface area contributed by atoms with Crippen LogP contribution in [0.5, 0.6) is 0 Å². The average molecular weight is 259 g/mol. The fourth-order valence-electron chi connectivity index (χ4n) is 2.42. The Balaban J connectivity index is 2.68. The van der Waals surface area contributed by atoms with Crippen molar-refractivity contribution in [2.45, 2.75) is 39.8 Å². The van der Waals surface area contributed by atoms with Crippen LogP contribution in [-0.2, 0) is 6.54 Å². The third-order valence-electron chi connectivity index (χ3n) is 3.38. The third-order valence-corrected chi connectivity index (χ3v) is 3.38. The van der Waals surface area contributed by atoms with Gasteiger partial charge < -0.3 is 5.32 Å². The molecule has 1 unspecified atom stereocenters. The Morgan fingerprint density at radius 3 is 2.63 bits per heavy atom. The number of hydrogen-bond donors (Lipinski definition) is 1. The lowest BCUT2D eigenvalue weighted by molar-refractivity contribution is 0.475. The largest absolute Gasteiger partial charge is 0.308 e. The van der Waals surface area contributed by atoms with E-state index in [1.807, 2.05) is 31.2 Å². The monoisotopic (exact) mass is 259 g/mol. The molecule has 4 nitrogen and oxygen atoms in total. The van der Waals surface area contributed by atoms with Crippen molar-refractivity contribution in [3.05, 3.63) is 40.4 Å². The van der Waals surface area contributed by atoms with Crippen molar-refractivity contribution in [3.8, 4) is 0 Å². The smallest absolute Gasteiger partial charge is 0.261 e. The van der Waals surface area contributed by atoms with Crippen LogP contribution in [0.25, 0.3) is 10.9 Å². The summed E-state index contributed by atoms with van der Waals surface area (Å²) in [6.45, 7) is 7.67. The van der Waals surface area contributed by atoms with Gasteiger partial charge in [0.25, 0.3) is 5.56 Å². The molecule has 0 saturated heterocycles. The minimum Gasteiger partial charge on any atom is -0.308 e. The van der Waals surface area contributed by atoms with Crippen molar-refractivity contribution in [2.24, 2.45) is 0 Å². The van der Waals surface area contributed by atoms with E-state index in [0.717, 1.165) is 24.3 Å². The van der Waals surface area contributed by atoms with Crippen molar-refractivity contribution in [1.82, 2.24) is 14.9 Å². The summed E-state index contributed by atoms with van der Waals surface area (Å²) in [7, 11) is 0. The first-order valence-corrected chi connectivity index (χ1v) is 6.95. The highest BCUT2D eigenvalue weighted by Gasteiger charge is 2.16. The molecule has 0 aliphatic carbocycles. The molecule has 0 spiro atoms. The minimum absolute atomic E-state index is 0.0550.